The number of likely N-dealkylation sites (tertiary alicyclic amines) is 1. The summed E-state index contributed by atoms with van der Waals surface area (Å²) in [5.74, 6) is 0.879. The molecule has 13 nitrogen and oxygen atoms in total. The van der Waals surface area contributed by atoms with E-state index in [1.54, 1.807) is 0 Å². The van der Waals surface area contributed by atoms with Gasteiger partial charge in [-0.2, -0.15) is 0 Å². The molecule has 4 amide bonds. The quantitative estimate of drug-likeness (QED) is 0.147. The maximum absolute atomic E-state index is 13.5. The van der Waals surface area contributed by atoms with E-state index in [4.69, 9.17) is 9.72 Å². The third kappa shape index (κ3) is 7.62. The fraction of sp³-hybridized carbons (Fsp3) is 0.463. The molecule has 4 heterocycles. The van der Waals surface area contributed by atoms with E-state index in [2.05, 4.69) is 74.2 Å². The van der Waals surface area contributed by atoms with Crippen molar-refractivity contribution in [2.24, 2.45) is 17.8 Å². The van der Waals surface area contributed by atoms with Crippen molar-refractivity contribution in [2.45, 2.75) is 83.7 Å². The van der Waals surface area contributed by atoms with Crippen molar-refractivity contribution in [3.05, 3.63) is 72.6 Å². The van der Waals surface area contributed by atoms with Crippen LogP contribution < -0.4 is 10.7 Å². The Hall–Kier alpha value is -5.46. The van der Waals surface area contributed by atoms with Gasteiger partial charge in [-0.05, 0) is 60.3 Å². The molecule has 5 atom stereocenters. The number of aromatic nitrogens is 4. The van der Waals surface area contributed by atoms with Gasteiger partial charge >= 0.3 is 6.09 Å². The van der Waals surface area contributed by atoms with Gasteiger partial charge in [-0.25, -0.2) is 14.8 Å². The third-order valence-corrected chi connectivity index (χ3v) is 11.3. The van der Waals surface area contributed by atoms with Crippen LogP contribution in [0.5, 0.6) is 0 Å². The summed E-state index contributed by atoms with van der Waals surface area (Å²) in [5, 5.41) is 4.18. The molecule has 0 bridgehead atoms. The fourth-order valence-electron chi connectivity index (χ4n) is 8.12. The molecule has 7 rings (SSSR count). The maximum atomic E-state index is 13.5. The fourth-order valence-corrected chi connectivity index (χ4v) is 8.12. The lowest BCUT2D eigenvalue weighted by atomic mass is 9.78. The van der Waals surface area contributed by atoms with Crippen molar-refractivity contribution in [3.8, 4) is 33.6 Å². The highest BCUT2D eigenvalue weighted by molar-refractivity contribution is 5.87. The number of nitrogens with one attached hydrogen (secondary N) is 4. The summed E-state index contributed by atoms with van der Waals surface area (Å²) >= 11 is 0. The number of hydrogen-bond donors (Lipinski definition) is 4. The minimum Gasteiger partial charge on any atom is -0.453 e. The Bertz CT molecular complexity index is 1970. The molecule has 13 heteroatoms. The maximum Gasteiger partial charge on any atom is 0.407 e. The van der Waals surface area contributed by atoms with Crippen LogP contribution in [0.3, 0.4) is 0 Å². The van der Waals surface area contributed by atoms with Gasteiger partial charge in [0.1, 0.15) is 17.7 Å². The molecule has 4 unspecified atom stereocenters. The molecular formula is C41H50N8O5. The Morgan fingerprint density at radius 2 is 1.39 bits per heavy atom. The van der Waals surface area contributed by atoms with Crippen molar-refractivity contribution >= 4 is 23.8 Å². The van der Waals surface area contributed by atoms with Crippen LogP contribution in [0.4, 0.5) is 4.79 Å². The minimum atomic E-state index is -0.682. The van der Waals surface area contributed by atoms with Crippen LogP contribution in [0, 0.1) is 17.8 Å². The predicted molar refractivity (Wildman–Crippen MR) is 203 cm³/mol. The summed E-state index contributed by atoms with van der Waals surface area (Å²) < 4.78 is 4.75. The topological polar surface area (TPSA) is 165 Å². The van der Waals surface area contributed by atoms with Crippen molar-refractivity contribution in [1.82, 2.24) is 40.6 Å². The molecule has 1 saturated carbocycles. The van der Waals surface area contributed by atoms with E-state index in [9.17, 15) is 19.2 Å². The van der Waals surface area contributed by atoms with Gasteiger partial charge < -0.3 is 24.9 Å². The summed E-state index contributed by atoms with van der Waals surface area (Å²) in [6.45, 7) is 6.87. The number of alkyl carbamates (subject to hydrolysis) is 1. The van der Waals surface area contributed by atoms with E-state index in [1.807, 2.05) is 38.1 Å². The molecule has 3 fully saturated rings. The first-order valence-corrected chi connectivity index (χ1v) is 19.2. The second kappa shape index (κ2) is 15.9. The van der Waals surface area contributed by atoms with Crippen LogP contribution in [-0.4, -0.2) is 79.9 Å². The second-order valence-electron chi connectivity index (χ2n) is 15.2. The van der Waals surface area contributed by atoms with Gasteiger partial charge in [0.05, 0.1) is 36.9 Å². The normalized spacial score (nSPS) is 22.1. The van der Waals surface area contributed by atoms with Gasteiger partial charge in [0.25, 0.3) is 0 Å². The Balaban J connectivity index is 0.994. The molecule has 4 aromatic rings. The number of nitrogens with zero attached hydrogens (tertiary/aromatic N) is 4. The van der Waals surface area contributed by atoms with E-state index in [0.717, 1.165) is 90.2 Å². The van der Waals surface area contributed by atoms with Gasteiger partial charge in [-0.15, -0.1) is 0 Å². The Morgan fingerprint density at radius 1 is 0.796 bits per heavy atom. The zero-order valence-electron chi connectivity index (χ0n) is 31.4. The van der Waals surface area contributed by atoms with Gasteiger partial charge in [-0.1, -0.05) is 82.1 Å². The first-order valence-electron chi connectivity index (χ1n) is 19.2. The standard InChI is InChI=1S/C41H50N8O5/c1-24(2)35(46-41(53)54-4)40(52)48-20-7-10-34(48)37-43-23-33(45-37)29-17-13-27(14-18-29)26-11-15-28(16-12-26)32-22-42-36(44-32)30-8-5-6-9-31(30)38(50)47-49-21-19-25(3)39(49)51/h11-18,22-25,30-31,34-35H,5-10,19-21H2,1-4H3,(H,42,44)(H,43,45)(H,46,53)(H,47,50)/t25?,30-,31?,34?,35?/m1/s1. The van der Waals surface area contributed by atoms with Crippen LogP contribution >= 0.6 is 0 Å². The zero-order valence-corrected chi connectivity index (χ0v) is 31.4. The molecule has 2 aliphatic heterocycles. The first-order chi connectivity index (χ1) is 26.1. The van der Waals surface area contributed by atoms with Gasteiger partial charge in [-0.3, -0.25) is 24.8 Å². The van der Waals surface area contributed by atoms with E-state index < -0.39 is 12.1 Å². The summed E-state index contributed by atoms with van der Waals surface area (Å²) in [6, 6.07) is 15.7. The van der Waals surface area contributed by atoms with E-state index in [1.165, 1.54) is 12.1 Å². The molecule has 284 valence electrons. The van der Waals surface area contributed by atoms with Crippen LogP contribution in [0.25, 0.3) is 33.6 Å². The number of benzene rings is 2. The number of hydrogen-bond acceptors (Lipinski definition) is 7. The Kier molecular flexibility index (Phi) is 10.8. The molecule has 0 radical (unpaired) electrons. The average Bonchev–Trinajstić information content (AvgIpc) is 4.03. The second-order valence-corrected chi connectivity index (χ2v) is 15.2. The number of methoxy groups -OCH3 is 1. The van der Waals surface area contributed by atoms with Gasteiger partial charge in [0.2, 0.25) is 17.7 Å². The number of aromatic amines is 2. The molecule has 54 heavy (non-hydrogen) atoms. The van der Waals surface area contributed by atoms with Crippen LogP contribution in [0.2, 0.25) is 0 Å². The number of carbonyl (C=O) groups excluding carboxylic acids is 4. The van der Waals surface area contributed by atoms with E-state index in [-0.39, 0.29) is 47.4 Å². The lowest BCUT2D eigenvalue weighted by Gasteiger charge is -2.30. The number of ether oxygens (including phenoxy) is 1. The lowest BCUT2D eigenvalue weighted by Crippen LogP contribution is -2.51. The highest BCUT2D eigenvalue weighted by atomic mass is 16.5. The van der Waals surface area contributed by atoms with Crippen LogP contribution in [-0.2, 0) is 19.1 Å². The summed E-state index contributed by atoms with van der Waals surface area (Å²) in [5.41, 5.74) is 8.81. The monoisotopic (exact) mass is 734 g/mol. The lowest BCUT2D eigenvalue weighted by molar-refractivity contribution is -0.142. The Labute approximate surface area is 315 Å². The number of imidazole rings is 2. The number of H-pyrrole nitrogens is 2. The van der Waals surface area contributed by atoms with E-state index in [0.29, 0.717) is 13.1 Å². The molecule has 3 aliphatic rings. The molecule has 2 aromatic carbocycles. The highest BCUT2D eigenvalue weighted by Gasteiger charge is 2.38. The number of rotatable bonds is 10. The van der Waals surface area contributed by atoms with Crippen molar-refractivity contribution in [1.29, 1.82) is 0 Å². The third-order valence-electron chi connectivity index (χ3n) is 11.3. The highest BCUT2D eigenvalue weighted by Crippen LogP contribution is 2.38. The minimum absolute atomic E-state index is 0.0159. The van der Waals surface area contributed by atoms with Gasteiger partial charge in [0, 0.05) is 30.8 Å². The van der Waals surface area contributed by atoms with Crippen molar-refractivity contribution < 1.29 is 23.9 Å². The summed E-state index contributed by atoms with van der Waals surface area (Å²) in [6.07, 6.45) is 9.10. The summed E-state index contributed by atoms with van der Waals surface area (Å²) in [4.78, 5) is 69.4. The van der Waals surface area contributed by atoms with Crippen molar-refractivity contribution in [2.75, 3.05) is 20.2 Å². The molecule has 1 aliphatic carbocycles. The smallest absolute Gasteiger partial charge is 0.407 e. The van der Waals surface area contributed by atoms with Crippen molar-refractivity contribution in [3.63, 3.8) is 0 Å². The largest absolute Gasteiger partial charge is 0.453 e. The molecule has 0 spiro atoms. The first kappa shape index (κ1) is 36.9. The number of amides is 4. The molecular weight excluding hydrogens is 685 g/mol. The van der Waals surface area contributed by atoms with E-state index >= 15 is 0 Å². The summed E-state index contributed by atoms with van der Waals surface area (Å²) in [7, 11) is 1.29. The van der Waals surface area contributed by atoms with Crippen LogP contribution in [0.1, 0.15) is 89.3 Å². The zero-order chi connectivity index (χ0) is 37.9. The van der Waals surface area contributed by atoms with Gasteiger partial charge in [0.15, 0.2) is 0 Å². The predicted octanol–water partition coefficient (Wildman–Crippen LogP) is 6.35. The average molecular weight is 735 g/mol. The number of hydrazine groups is 1. The Morgan fingerprint density at radius 3 is 1.98 bits per heavy atom. The molecule has 4 N–H and O–H groups in total. The number of carbonyl (C=O) groups is 4. The SMILES string of the molecule is COC(=O)NC(C(=O)N1CCCC1c1ncc(-c2ccc(-c3ccc(-c4cnc([C@@H]5CCCCC5C(=O)NN5CCC(C)C5=O)[nH]4)cc3)cc2)[nH]1)C(C)C. The molecule has 2 saturated heterocycles. The van der Waals surface area contributed by atoms with Crippen LogP contribution in [0.15, 0.2) is 60.9 Å². The molecule has 2 aromatic heterocycles.